The molecule has 2 aliphatic heterocycles. The lowest BCUT2D eigenvalue weighted by molar-refractivity contribution is -0.123. The summed E-state index contributed by atoms with van der Waals surface area (Å²) >= 11 is 3.58. The summed E-state index contributed by atoms with van der Waals surface area (Å²) in [4.78, 5) is 20.2. The Labute approximate surface area is 198 Å². The average Bonchev–Trinajstić information content (AvgIpc) is 3.36. The summed E-state index contributed by atoms with van der Waals surface area (Å²) in [6.45, 7) is 4.27. The average molecular weight is 493 g/mol. The van der Waals surface area contributed by atoms with Crippen LogP contribution in [-0.2, 0) is 10.3 Å². The van der Waals surface area contributed by atoms with Crippen molar-refractivity contribution in [3.05, 3.63) is 76.5 Å². The number of hydrogen-bond donors (Lipinski definition) is 1. The Kier molecular flexibility index (Phi) is 5.68. The fourth-order valence-corrected chi connectivity index (χ4v) is 5.84. The topological polar surface area (TPSA) is 50.2 Å². The highest BCUT2D eigenvalue weighted by Crippen LogP contribution is 2.52. The minimum atomic E-state index is -0.479. The summed E-state index contributed by atoms with van der Waals surface area (Å²) in [5, 5.41) is 3.32. The van der Waals surface area contributed by atoms with Crippen LogP contribution in [0.4, 0.5) is 0 Å². The van der Waals surface area contributed by atoms with Gasteiger partial charge in [-0.15, -0.1) is 0 Å². The van der Waals surface area contributed by atoms with Gasteiger partial charge < -0.3 is 14.8 Å². The second-order valence-electron chi connectivity index (χ2n) is 9.19. The van der Waals surface area contributed by atoms with Crippen LogP contribution in [0, 0.1) is 5.92 Å². The number of imidazole rings is 1. The molecule has 1 N–H and O–H groups in total. The number of hydrogen-bond acceptors (Lipinski definition) is 3. The Morgan fingerprint density at radius 3 is 2.66 bits per heavy atom. The maximum Gasteiger partial charge on any atom is 0.220 e. The van der Waals surface area contributed by atoms with E-state index in [-0.39, 0.29) is 17.9 Å². The van der Waals surface area contributed by atoms with Crippen molar-refractivity contribution in [2.24, 2.45) is 5.92 Å². The standard InChI is InChI=1S/C26H29BrN4O/c1-18(17-24(32)29-21-11-14-30(2)15-12-21)26(19-7-9-20(27)10-8-19)23-6-4-3-5-22(23)25-28-13-16-31(25)26/h3-10,13,16,18,21H,11-12,14-15,17H2,1-2H3,(H,29,32). The molecule has 3 aromatic rings. The van der Waals surface area contributed by atoms with Crippen LogP contribution in [0.1, 0.15) is 37.3 Å². The van der Waals surface area contributed by atoms with Crippen LogP contribution in [0.25, 0.3) is 11.4 Å². The Hall–Kier alpha value is -2.44. The maximum absolute atomic E-state index is 13.2. The van der Waals surface area contributed by atoms with Gasteiger partial charge >= 0.3 is 0 Å². The molecule has 1 amide bonds. The number of carbonyl (C=O) groups excluding carboxylic acids is 1. The predicted molar refractivity (Wildman–Crippen MR) is 130 cm³/mol. The lowest BCUT2D eigenvalue weighted by atomic mass is 9.72. The van der Waals surface area contributed by atoms with E-state index < -0.39 is 5.54 Å². The summed E-state index contributed by atoms with van der Waals surface area (Å²) in [5.41, 5.74) is 3.05. The van der Waals surface area contributed by atoms with Gasteiger partial charge in [0.25, 0.3) is 0 Å². The molecule has 5 nitrogen and oxygen atoms in total. The first-order valence-corrected chi connectivity index (χ1v) is 12.2. The van der Waals surface area contributed by atoms with Crippen molar-refractivity contribution < 1.29 is 4.79 Å². The lowest BCUT2D eigenvalue weighted by Crippen LogP contribution is -2.46. The van der Waals surface area contributed by atoms with E-state index in [2.05, 4.69) is 104 Å². The van der Waals surface area contributed by atoms with E-state index in [4.69, 9.17) is 0 Å². The summed E-state index contributed by atoms with van der Waals surface area (Å²) in [6, 6.07) is 17.3. The number of amides is 1. The molecule has 32 heavy (non-hydrogen) atoms. The van der Waals surface area contributed by atoms with Crippen molar-refractivity contribution in [3.63, 3.8) is 0 Å². The number of aromatic nitrogens is 2. The number of nitrogens with one attached hydrogen (secondary N) is 1. The monoisotopic (exact) mass is 492 g/mol. The van der Waals surface area contributed by atoms with Crippen LogP contribution >= 0.6 is 15.9 Å². The van der Waals surface area contributed by atoms with Crippen molar-refractivity contribution in [3.8, 4) is 11.4 Å². The van der Waals surface area contributed by atoms with E-state index in [0.29, 0.717) is 6.42 Å². The molecule has 166 valence electrons. The Morgan fingerprint density at radius 1 is 1.19 bits per heavy atom. The molecular weight excluding hydrogens is 464 g/mol. The molecule has 2 atom stereocenters. The molecule has 0 radical (unpaired) electrons. The second kappa shape index (κ2) is 8.49. The van der Waals surface area contributed by atoms with Gasteiger partial charge in [0.1, 0.15) is 11.4 Å². The highest BCUT2D eigenvalue weighted by molar-refractivity contribution is 9.10. The lowest BCUT2D eigenvalue weighted by Gasteiger charge is -2.39. The predicted octanol–water partition coefficient (Wildman–Crippen LogP) is 4.65. The normalized spacial score (nSPS) is 21.7. The number of piperidine rings is 1. The number of rotatable bonds is 5. The molecular formula is C26H29BrN4O. The van der Waals surface area contributed by atoms with E-state index in [1.807, 2.05) is 6.20 Å². The largest absolute Gasteiger partial charge is 0.353 e. The molecule has 2 aromatic carbocycles. The van der Waals surface area contributed by atoms with Gasteiger partial charge in [-0.2, -0.15) is 0 Å². The van der Waals surface area contributed by atoms with Crippen LogP contribution in [0.5, 0.6) is 0 Å². The molecule has 3 heterocycles. The molecule has 5 rings (SSSR count). The van der Waals surface area contributed by atoms with Crippen molar-refractivity contribution >= 4 is 21.8 Å². The van der Waals surface area contributed by atoms with Crippen LogP contribution in [0.15, 0.2) is 65.4 Å². The summed E-state index contributed by atoms with van der Waals surface area (Å²) in [6.07, 6.45) is 6.41. The van der Waals surface area contributed by atoms with Gasteiger partial charge in [0, 0.05) is 34.9 Å². The minimum Gasteiger partial charge on any atom is -0.353 e. The molecule has 6 heteroatoms. The number of benzene rings is 2. The van der Waals surface area contributed by atoms with Gasteiger partial charge in [-0.1, -0.05) is 59.3 Å². The summed E-state index contributed by atoms with van der Waals surface area (Å²) < 4.78 is 3.32. The van der Waals surface area contributed by atoms with E-state index in [9.17, 15) is 4.79 Å². The quantitative estimate of drug-likeness (QED) is 0.563. The van der Waals surface area contributed by atoms with Gasteiger partial charge in [-0.25, -0.2) is 4.98 Å². The highest BCUT2D eigenvalue weighted by atomic mass is 79.9. The SMILES string of the molecule is CC(CC(=O)NC1CCN(C)CC1)C1(c2ccc(Br)cc2)c2ccccc2-c2nccn21. The van der Waals surface area contributed by atoms with Gasteiger partial charge in [0.05, 0.1) is 0 Å². The van der Waals surface area contributed by atoms with E-state index >= 15 is 0 Å². The first-order chi connectivity index (χ1) is 15.5. The Balaban J connectivity index is 1.52. The molecule has 2 unspecified atom stereocenters. The molecule has 1 saturated heterocycles. The van der Waals surface area contributed by atoms with Gasteiger partial charge in [0.15, 0.2) is 0 Å². The smallest absolute Gasteiger partial charge is 0.220 e. The third-order valence-electron chi connectivity index (χ3n) is 7.17. The number of likely N-dealkylation sites (tertiary alicyclic amines) is 1. The second-order valence-corrected chi connectivity index (χ2v) is 10.1. The summed E-state index contributed by atoms with van der Waals surface area (Å²) in [7, 11) is 2.14. The van der Waals surface area contributed by atoms with Crippen molar-refractivity contribution in [2.45, 2.75) is 37.8 Å². The third kappa shape index (κ3) is 3.50. The third-order valence-corrected chi connectivity index (χ3v) is 7.70. The van der Waals surface area contributed by atoms with E-state index in [0.717, 1.165) is 41.8 Å². The molecule has 1 aromatic heterocycles. The first kappa shape index (κ1) is 21.4. The van der Waals surface area contributed by atoms with Gasteiger partial charge in [-0.3, -0.25) is 4.79 Å². The van der Waals surface area contributed by atoms with E-state index in [1.165, 1.54) is 11.1 Å². The van der Waals surface area contributed by atoms with Crippen LogP contribution in [0.3, 0.4) is 0 Å². The van der Waals surface area contributed by atoms with Gasteiger partial charge in [-0.05, 0) is 62.2 Å². The zero-order valence-corrected chi connectivity index (χ0v) is 20.2. The molecule has 0 saturated carbocycles. The minimum absolute atomic E-state index is 0.0338. The molecule has 0 spiro atoms. The fraction of sp³-hybridized carbons (Fsp3) is 0.385. The highest BCUT2D eigenvalue weighted by Gasteiger charge is 2.49. The van der Waals surface area contributed by atoms with E-state index in [1.54, 1.807) is 0 Å². The number of fused-ring (bicyclic) bond motifs is 3. The summed E-state index contributed by atoms with van der Waals surface area (Å²) in [5.74, 6) is 1.13. The molecule has 2 aliphatic rings. The molecule has 0 bridgehead atoms. The molecule has 0 aliphatic carbocycles. The van der Waals surface area contributed by atoms with Crippen molar-refractivity contribution in [1.29, 1.82) is 0 Å². The van der Waals surface area contributed by atoms with Gasteiger partial charge in [0.2, 0.25) is 5.91 Å². The Bertz CT molecular complexity index is 1120. The zero-order chi connectivity index (χ0) is 22.3. The Morgan fingerprint density at radius 2 is 1.91 bits per heavy atom. The first-order valence-electron chi connectivity index (χ1n) is 11.4. The number of halogens is 1. The maximum atomic E-state index is 13.2. The zero-order valence-electron chi connectivity index (χ0n) is 18.6. The number of carbonyl (C=O) groups is 1. The van der Waals surface area contributed by atoms with Crippen LogP contribution < -0.4 is 5.32 Å². The van der Waals surface area contributed by atoms with Crippen LogP contribution in [-0.4, -0.2) is 46.5 Å². The van der Waals surface area contributed by atoms with Crippen molar-refractivity contribution in [1.82, 2.24) is 19.8 Å². The fourth-order valence-electron chi connectivity index (χ4n) is 5.58. The van der Waals surface area contributed by atoms with Crippen molar-refractivity contribution in [2.75, 3.05) is 20.1 Å². The number of nitrogens with zero attached hydrogens (tertiary/aromatic N) is 3. The molecule has 1 fully saturated rings. The van der Waals surface area contributed by atoms with Crippen LogP contribution in [0.2, 0.25) is 0 Å².